The Morgan fingerprint density at radius 2 is 2.33 bits per heavy atom. The molecular formula is C7H11NO. The van der Waals surface area contributed by atoms with Crippen molar-refractivity contribution < 1.29 is 4.79 Å². The van der Waals surface area contributed by atoms with Crippen LogP contribution in [0.4, 0.5) is 0 Å². The molecule has 0 bridgehead atoms. The molecule has 0 rings (SSSR count). The summed E-state index contributed by atoms with van der Waals surface area (Å²) in [5, 5.41) is 0. The Morgan fingerprint density at radius 3 is 2.78 bits per heavy atom. The molecule has 9 heavy (non-hydrogen) atoms. The predicted octanol–water partition coefficient (Wildman–Crippen LogP) is 1.57. The Bertz CT molecular complexity index is 136. The third-order valence-corrected chi connectivity index (χ3v) is 0.683. The van der Waals surface area contributed by atoms with Crippen molar-refractivity contribution in [2.75, 3.05) is 0 Å². The molecule has 0 radical (unpaired) electrons. The number of nitrogens with zero attached hydrogens (tertiary/aromatic N) is 1. The number of hydrogen-bond donors (Lipinski definition) is 0. The van der Waals surface area contributed by atoms with Gasteiger partial charge >= 0.3 is 0 Å². The summed E-state index contributed by atoms with van der Waals surface area (Å²) in [7, 11) is 0. The first-order valence-electron chi connectivity index (χ1n) is 2.96. The minimum absolute atomic E-state index is 0.0308. The number of aliphatic imine (C=N–C) groups is 1. The monoisotopic (exact) mass is 125 g/mol. The van der Waals surface area contributed by atoms with E-state index in [-0.39, 0.29) is 5.78 Å². The first-order valence-corrected chi connectivity index (χ1v) is 2.96. The van der Waals surface area contributed by atoms with Gasteiger partial charge in [-0.15, -0.1) is 0 Å². The molecule has 0 spiro atoms. The summed E-state index contributed by atoms with van der Waals surface area (Å²) in [5.41, 5.74) is 0. The van der Waals surface area contributed by atoms with Crippen LogP contribution in [0.2, 0.25) is 0 Å². The van der Waals surface area contributed by atoms with Gasteiger partial charge in [-0.05, 0) is 19.4 Å². The second-order valence-electron chi connectivity index (χ2n) is 1.67. The minimum atomic E-state index is 0.0308. The van der Waals surface area contributed by atoms with Crippen LogP contribution in [0.15, 0.2) is 17.3 Å². The highest BCUT2D eigenvalue weighted by atomic mass is 16.1. The molecule has 0 saturated carbocycles. The summed E-state index contributed by atoms with van der Waals surface area (Å²) in [4.78, 5) is 14.0. The molecule has 0 saturated heterocycles. The van der Waals surface area contributed by atoms with E-state index in [4.69, 9.17) is 0 Å². The van der Waals surface area contributed by atoms with E-state index in [1.165, 1.54) is 19.2 Å². The van der Waals surface area contributed by atoms with Gasteiger partial charge < -0.3 is 0 Å². The van der Waals surface area contributed by atoms with Crippen LogP contribution in [0.3, 0.4) is 0 Å². The summed E-state index contributed by atoms with van der Waals surface area (Å²) in [6.07, 6.45) is 5.60. The largest absolute Gasteiger partial charge is 0.295 e. The van der Waals surface area contributed by atoms with Gasteiger partial charge in [-0.2, -0.15) is 0 Å². The summed E-state index contributed by atoms with van der Waals surface area (Å²) in [5.74, 6) is 0.0308. The van der Waals surface area contributed by atoms with E-state index in [2.05, 4.69) is 4.99 Å². The molecule has 0 aliphatic rings. The smallest absolute Gasteiger partial charge is 0.154 e. The molecule has 0 aliphatic heterocycles. The van der Waals surface area contributed by atoms with E-state index >= 15 is 0 Å². The van der Waals surface area contributed by atoms with Crippen molar-refractivity contribution in [2.24, 2.45) is 4.99 Å². The van der Waals surface area contributed by atoms with Gasteiger partial charge in [-0.25, -0.2) is 0 Å². The SMILES string of the molecule is CCC=N/C=C/C(C)=O. The zero-order valence-electron chi connectivity index (χ0n) is 5.79. The van der Waals surface area contributed by atoms with Gasteiger partial charge in [-0.3, -0.25) is 9.79 Å². The van der Waals surface area contributed by atoms with Crippen molar-refractivity contribution in [1.29, 1.82) is 0 Å². The lowest BCUT2D eigenvalue weighted by Crippen LogP contribution is -1.77. The van der Waals surface area contributed by atoms with Gasteiger partial charge in [0.15, 0.2) is 5.78 Å². The zero-order chi connectivity index (χ0) is 7.11. The van der Waals surface area contributed by atoms with Gasteiger partial charge in [0.2, 0.25) is 0 Å². The Hall–Kier alpha value is -0.920. The number of carbonyl (C=O) groups is 1. The van der Waals surface area contributed by atoms with Crippen molar-refractivity contribution in [1.82, 2.24) is 0 Å². The van der Waals surface area contributed by atoms with Crippen molar-refractivity contribution >= 4 is 12.0 Å². The molecular weight excluding hydrogens is 114 g/mol. The van der Waals surface area contributed by atoms with E-state index in [9.17, 15) is 4.79 Å². The Morgan fingerprint density at radius 1 is 1.67 bits per heavy atom. The fourth-order valence-electron chi connectivity index (χ4n) is 0.314. The average Bonchev–Trinajstić information content (AvgIpc) is 1.80. The quantitative estimate of drug-likeness (QED) is 0.416. The van der Waals surface area contributed by atoms with E-state index < -0.39 is 0 Å². The Balaban J connectivity index is 3.47. The highest BCUT2D eigenvalue weighted by molar-refractivity contribution is 5.87. The van der Waals surface area contributed by atoms with Crippen molar-refractivity contribution in [2.45, 2.75) is 20.3 Å². The molecule has 0 aromatic carbocycles. The Kier molecular flexibility index (Phi) is 4.69. The van der Waals surface area contributed by atoms with E-state index in [0.29, 0.717) is 0 Å². The average molecular weight is 125 g/mol. The molecule has 0 aliphatic carbocycles. The molecule has 2 nitrogen and oxygen atoms in total. The normalized spacial score (nSPS) is 11.3. The van der Waals surface area contributed by atoms with Crippen molar-refractivity contribution in [3.05, 3.63) is 12.3 Å². The highest BCUT2D eigenvalue weighted by Gasteiger charge is 1.76. The van der Waals surface area contributed by atoms with E-state index in [0.717, 1.165) is 6.42 Å². The molecule has 2 heteroatoms. The number of allylic oxidation sites excluding steroid dienone is 1. The molecule has 0 heterocycles. The maximum atomic E-state index is 10.2. The topological polar surface area (TPSA) is 29.4 Å². The summed E-state index contributed by atoms with van der Waals surface area (Å²) >= 11 is 0. The number of hydrogen-bond acceptors (Lipinski definition) is 2. The molecule has 0 aromatic rings. The molecule has 0 amide bonds. The summed E-state index contributed by atoms with van der Waals surface area (Å²) in [6.45, 7) is 3.49. The second kappa shape index (κ2) is 5.22. The van der Waals surface area contributed by atoms with Crippen LogP contribution in [0.25, 0.3) is 0 Å². The zero-order valence-corrected chi connectivity index (χ0v) is 5.79. The molecule has 50 valence electrons. The van der Waals surface area contributed by atoms with Crippen LogP contribution in [0.5, 0.6) is 0 Å². The molecule has 0 N–H and O–H groups in total. The third kappa shape index (κ3) is 7.08. The lowest BCUT2D eigenvalue weighted by molar-refractivity contribution is -0.112. The number of carbonyl (C=O) groups excluding carboxylic acids is 1. The molecule has 0 atom stereocenters. The molecule has 0 fully saturated rings. The van der Waals surface area contributed by atoms with E-state index in [1.807, 2.05) is 6.92 Å². The number of rotatable bonds is 3. The first-order chi connectivity index (χ1) is 4.27. The first kappa shape index (κ1) is 8.08. The maximum absolute atomic E-state index is 10.2. The fourth-order valence-corrected chi connectivity index (χ4v) is 0.314. The van der Waals surface area contributed by atoms with Crippen LogP contribution in [0, 0.1) is 0 Å². The standard InChI is InChI=1S/C7H11NO/c1-3-5-8-6-4-7(2)9/h4-6H,3H2,1-2H3/b6-4+,8-5?. The fraction of sp³-hybridized carbons (Fsp3) is 0.429. The molecule has 0 aromatic heterocycles. The maximum Gasteiger partial charge on any atom is 0.154 e. The van der Waals surface area contributed by atoms with Crippen molar-refractivity contribution in [3.8, 4) is 0 Å². The van der Waals surface area contributed by atoms with Crippen LogP contribution in [-0.2, 0) is 4.79 Å². The molecule has 0 unspecified atom stereocenters. The van der Waals surface area contributed by atoms with Crippen LogP contribution < -0.4 is 0 Å². The summed E-state index contributed by atoms with van der Waals surface area (Å²) in [6, 6.07) is 0. The lowest BCUT2D eigenvalue weighted by Gasteiger charge is -1.75. The Labute approximate surface area is 55.3 Å². The van der Waals surface area contributed by atoms with Gasteiger partial charge in [0, 0.05) is 12.4 Å². The van der Waals surface area contributed by atoms with Crippen molar-refractivity contribution in [3.63, 3.8) is 0 Å². The predicted molar refractivity (Wildman–Crippen MR) is 38.6 cm³/mol. The van der Waals surface area contributed by atoms with Gasteiger partial charge in [-0.1, -0.05) is 6.92 Å². The number of ketones is 1. The third-order valence-electron chi connectivity index (χ3n) is 0.683. The summed E-state index contributed by atoms with van der Waals surface area (Å²) < 4.78 is 0. The van der Waals surface area contributed by atoms with Gasteiger partial charge in [0.1, 0.15) is 0 Å². The van der Waals surface area contributed by atoms with Gasteiger partial charge in [0.05, 0.1) is 0 Å². The van der Waals surface area contributed by atoms with Gasteiger partial charge in [0.25, 0.3) is 0 Å². The van der Waals surface area contributed by atoms with Crippen LogP contribution in [0.1, 0.15) is 20.3 Å². The van der Waals surface area contributed by atoms with E-state index in [1.54, 1.807) is 6.21 Å². The highest BCUT2D eigenvalue weighted by Crippen LogP contribution is 1.76. The minimum Gasteiger partial charge on any atom is -0.295 e. The van der Waals surface area contributed by atoms with Crippen LogP contribution >= 0.6 is 0 Å². The second-order valence-corrected chi connectivity index (χ2v) is 1.67. The van der Waals surface area contributed by atoms with Crippen LogP contribution in [-0.4, -0.2) is 12.0 Å². The lowest BCUT2D eigenvalue weighted by atomic mass is 10.4.